The first-order valence-electron chi connectivity index (χ1n) is 8.55. The molecular formula is C20H17F2N5O. The molecule has 8 heteroatoms. The van der Waals surface area contributed by atoms with E-state index >= 15 is 0 Å². The van der Waals surface area contributed by atoms with Gasteiger partial charge in [0.1, 0.15) is 11.8 Å². The number of para-hydroxylation sites is 1. The summed E-state index contributed by atoms with van der Waals surface area (Å²) in [7, 11) is 1.86. The number of alkyl halides is 2. The molecule has 0 saturated heterocycles. The summed E-state index contributed by atoms with van der Waals surface area (Å²) in [5.41, 5.74) is 5.19. The average molecular weight is 381 g/mol. The van der Waals surface area contributed by atoms with E-state index in [0.717, 1.165) is 0 Å². The van der Waals surface area contributed by atoms with Crippen molar-refractivity contribution >= 4 is 0 Å². The van der Waals surface area contributed by atoms with Crippen molar-refractivity contribution in [1.82, 2.24) is 4.90 Å². The predicted molar refractivity (Wildman–Crippen MR) is 95.4 cm³/mol. The third kappa shape index (κ3) is 2.87. The Balaban J connectivity index is 2.33. The van der Waals surface area contributed by atoms with Crippen molar-refractivity contribution in [3.63, 3.8) is 0 Å². The summed E-state index contributed by atoms with van der Waals surface area (Å²) in [4.78, 5) is 1.97. The number of likely N-dealkylation sites (N-methyl/N-ethyl adjacent to an activating group) is 1. The van der Waals surface area contributed by atoms with Crippen molar-refractivity contribution in [2.45, 2.75) is 12.5 Å². The number of benzene rings is 1. The lowest BCUT2D eigenvalue weighted by Crippen LogP contribution is -2.47. The number of hydrogen-bond acceptors (Lipinski definition) is 6. The second-order valence-corrected chi connectivity index (χ2v) is 6.81. The summed E-state index contributed by atoms with van der Waals surface area (Å²) in [5, 5.41) is 29.6. The Morgan fingerprint density at radius 1 is 1.25 bits per heavy atom. The van der Waals surface area contributed by atoms with Crippen LogP contribution in [0.2, 0.25) is 0 Å². The Bertz CT molecular complexity index is 966. The maximum Gasteiger partial charge on any atom is 0.387 e. The van der Waals surface area contributed by atoms with E-state index in [2.05, 4.69) is 4.74 Å². The van der Waals surface area contributed by atoms with Crippen molar-refractivity contribution in [3.8, 4) is 24.0 Å². The summed E-state index contributed by atoms with van der Waals surface area (Å²) >= 11 is 0. The van der Waals surface area contributed by atoms with Gasteiger partial charge in [0, 0.05) is 30.5 Å². The second kappa shape index (κ2) is 7.31. The molecule has 2 N–H and O–H groups in total. The normalized spacial score (nSPS) is 23.8. The molecule has 2 aliphatic rings. The zero-order valence-corrected chi connectivity index (χ0v) is 15.1. The number of nitriles is 3. The smallest absolute Gasteiger partial charge is 0.387 e. The topological polar surface area (TPSA) is 110 Å². The lowest BCUT2D eigenvalue weighted by molar-refractivity contribution is -0.0509. The molecule has 1 aliphatic carbocycles. The second-order valence-electron chi connectivity index (χ2n) is 6.81. The van der Waals surface area contributed by atoms with Crippen LogP contribution in [0.5, 0.6) is 5.75 Å². The maximum absolute atomic E-state index is 13.0. The molecule has 6 nitrogen and oxygen atoms in total. The van der Waals surface area contributed by atoms with Crippen LogP contribution >= 0.6 is 0 Å². The minimum Gasteiger partial charge on any atom is -0.435 e. The van der Waals surface area contributed by atoms with Gasteiger partial charge >= 0.3 is 6.61 Å². The quantitative estimate of drug-likeness (QED) is 0.862. The molecule has 0 aromatic heterocycles. The van der Waals surface area contributed by atoms with E-state index in [0.29, 0.717) is 18.7 Å². The number of ether oxygens (including phenoxy) is 1. The van der Waals surface area contributed by atoms with Crippen molar-refractivity contribution in [2.75, 3.05) is 20.1 Å². The van der Waals surface area contributed by atoms with Gasteiger partial charge in [0.15, 0.2) is 5.41 Å². The average Bonchev–Trinajstić information content (AvgIpc) is 2.68. The zero-order chi connectivity index (χ0) is 20.5. The van der Waals surface area contributed by atoms with E-state index in [1.807, 2.05) is 36.2 Å². The van der Waals surface area contributed by atoms with Crippen LogP contribution in [-0.2, 0) is 0 Å². The molecule has 0 spiro atoms. The molecule has 0 saturated carbocycles. The Kier molecular flexibility index (Phi) is 5.05. The van der Waals surface area contributed by atoms with Gasteiger partial charge in [0.05, 0.1) is 23.4 Å². The molecule has 0 fully saturated rings. The number of rotatable bonds is 3. The van der Waals surface area contributed by atoms with Gasteiger partial charge in [-0.2, -0.15) is 24.6 Å². The molecule has 1 aromatic rings. The van der Waals surface area contributed by atoms with Crippen LogP contribution in [0.25, 0.3) is 0 Å². The fourth-order valence-electron chi connectivity index (χ4n) is 4.11. The molecule has 28 heavy (non-hydrogen) atoms. The van der Waals surface area contributed by atoms with E-state index < -0.39 is 23.9 Å². The molecule has 0 radical (unpaired) electrons. The van der Waals surface area contributed by atoms with Crippen LogP contribution in [-0.4, -0.2) is 31.6 Å². The van der Waals surface area contributed by atoms with Gasteiger partial charge in [-0.1, -0.05) is 24.3 Å². The van der Waals surface area contributed by atoms with Crippen LogP contribution in [0.3, 0.4) is 0 Å². The lowest BCUT2D eigenvalue weighted by atomic mass is 9.58. The summed E-state index contributed by atoms with van der Waals surface area (Å²) in [6.07, 6.45) is 1.84. The third-order valence-corrected chi connectivity index (χ3v) is 5.32. The van der Waals surface area contributed by atoms with Crippen LogP contribution in [0.15, 0.2) is 47.2 Å². The number of hydrogen-bond donors (Lipinski definition) is 1. The predicted octanol–water partition coefficient (Wildman–Crippen LogP) is 2.64. The highest BCUT2D eigenvalue weighted by molar-refractivity contribution is 5.60. The number of fused-ring (bicyclic) bond motifs is 1. The molecular weight excluding hydrogens is 364 g/mol. The van der Waals surface area contributed by atoms with Gasteiger partial charge in [-0.25, -0.2) is 0 Å². The fraction of sp³-hybridized carbons (Fsp3) is 0.350. The van der Waals surface area contributed by atoms with Gasteiger partial charge in [0.2, 0.25) is 0 Å². The Labute approximate surface area is 161 Å². The monoisotopic (exact) mass is 381 g/mol. The molecule has 0 bridgehead atoms. The van der Waals surface area contributed by atoms with Gasteiger partial charge in [0.25, 0.3) is 0 Å². The summed E-state index contributed by atoms with van der Waals surface area (Å²) in [5.74, 6) is -1.44. The van der Waals surface area contributed by atoms with E-state index in [1.165, 1.54) is 12.1 Å². The Morgan fingerprint density at radius 2 is 1.93 bits per heavy atom. The highest BCUT2D eigenvalue weighted by Gasteiger charge is 2.55. The first-order chi connectivity index (χ1) is 13.4. The summed E-state index contributed by atoms with van der Waals surface area (Å²) in [6.45, 7) is -2.06. The molecule has 3 rings (SSSR count). The molecule has 1 heterocycles. The minimum atomic E-state index is -3.06. The number of nitrogens with two attached hydrogens (primary N) is 1. The first-order valence-corrected chi connectivity index (χ1v) is 8.55. The van der Waals surface area contributed by atoms with Crippen LogP contribution in [0.4, 0.5) is 8.78 Å². The minimum absolute atomic E-state index is 0.113. The standard InChI is InChI=1S/C20H17F2N5O/c1-27-7-6-12-14(8-23)18(26)20(10-24,11-25)17(15(12)9-27)13-4-2-3-5-16(13)28-19(21)22/h2-6,15,17,19H,7,9,26H2,1H3/t15-,17+/m0/s1. The summed E-state index contributed by atoms with van der Waals surface area (Å²) < 4.78 is 30.6. The van der Waals surface area contributed by atoms with Gasteiger partial charge in [-0.15, -0.1) is 0 Å². The van der Waals surface area contributed by atoms with E-state index in [4.69, 9.17) is 5.73 Å². The fourth-order valence-corrected chi connectivity index (χ4v) is 4.11. The van der Waals surface area contributed by atoms with Gasteiger partial charge < -0.3 is 15.4 Å². The van der Waals surface area contributed by atoms with Crippen molar-refractivity contribution in [2.24, 2.45) is 17.1 Å². The Morgan fingerprint density at radius 3 is 2.54 bits per heavy atom. The number of allylic oxidation sites excluding steroid dienone is 2. The van der Waals surface area contributed by atoms with E-state index in [-0.39, 0.29) is 22.6 Å². The van der Waals surface area contributed by atoms with E-state index in [1.54, 1.807) is 12.1 Å². The van der Waals surface area contributed by atoms with Crippen LogP contribution < -0.4 is 10.5 Å². The highest BCUT2D eigenvalue weighted by atomic mass is 19.3. The van der Waals surface area contributed by atoms with Crippen molar-refractivity contribution in [1.29, 1.82) is 15.8 Å². The number of nitrogens with zero attached hydrogens (tertiary/aromatic N) is 4. The highest BCUT2D eigenvalue weighted by Crippen LogP contribution is 2.55. The lowest BCUT2D eigenvalue weighted by Gasteiger charge is -2.45. The largest absolute Gasteiger partial charge is 0.435 e. The third-order valence-electron chi connectivity index (χ3n) is 5.32. The maximum atomic E-state index is 13.0. The molecule has 0 amide bonds. The van der Waals surface area contributed by atoms with Crippen LogP contribution in [0.1, 0.15) is 11.5 Å². The number of halogens is 2. The molecule has 0 unspecified atom stereocenters. The zero-order valence-electron chi connectivity index (χ0n) is 15.1. The van der Waals surface area contributed by atoms with Gasteiger partial charge in [-0.3, -0.25) is 0 Å². The van der Waals surface area contributed by atoms with Gasteiger partial charge in [-0.05, 0) is 18.7 Å². The van der Waals surface area contributed by atoms with Crippen molar-refractivity contribution < 1.29 is 13.5 Å². The molecule has 142 valence electrons. The Hall–Kier alpha value is -3.41. The molecule has 2 atom stereocenters. The van der Waals surface area contributed by atoms with E-state index in [9.17, 15) is 24.6 Å². The van der Waals surface area contributed by atoms with Crippen LogP contribution in [0, 0.1) is 45.3 Å². The molecule has 1 aromatic carbocycles. The first kappa shape index (κ1) is 19.4. The van der Waals surface area contributed by atoms with Crippen molar-refractivity contribution in [3.05, 3.63) is 52.7 Å². The molecule has 1 aliphatic heterocycles. The summed E-state index contributed by atoms with van der Waals surface area (Å²) in [6, 6.07) is 12.1. The SMILES string of the molecule is CN1CC=C2C(C#N)=C(N)C(C#N)(C#N)[C@H](c3ccccc3OC(F)F)[C@H]2C1.